The highest BCUT2D eigenvalue weighted by molar-refractivity contribution is 5.95. The van der Waals surface area contributed by atoms with Crippen LogP contribution in [-0.4, -0.2) is 16.4 Å². The number of oxazole rings is 1. The molecule has 1 amide bonds. The van der Waals surface area contributed by atoms with E-state index in [1.165, 1.54) is 0 Å². The summed E-state index contributed by atoms with van der Waals surface area (Å²) in [5, 5.41) is 2.97. The number of nitrogens with zero attached hydrogens (tertiary/aromatic N) is 1. The number of rotatable bonds is 2. The van der Waals surface area contributed by atoms with Gasteiger partial charge in [-0.05, 0) is 38.0 Å². The van der Waals surface area contributed by atoms with Crippen LogP contribution in [0.3, 0.4) is 0 Å². The third-order valence-corrected chi connectivity index (χ3v) is 4.33. The predicted molar refractivity (Wildman–Crippen MR) is 81.9 cm³/mol. The number of anilines is 1. The van der Waals surface area contributed by atoms with Crippen LogP contribution in [0, 0.1) is 12.8 Å². The van der Waals surface area contributed by atoms with Crippen molar-refractivity contribution in [3.8, 4) is 0 Å². The Morgan fingerprint density at radius 2 is 2.29 bits per heavy atom. The van der Waals surface area contributed by atoms with Crippen molar-refractivity contribution in [2.45, 2.75) is 45.1 Å². The summed E-state index contributed by atoms with van der Waals surface area (Å²) in [6.45, 7) is 3.78. The maximum Gasteiger partial charge on any atom is 0.229 e. The van der Waals surface area contributed by atoms with E-state index in [4.69, 9.17) is 10.2 Å². The maximum atomic E-state index is 12.5. The number of hydrogen-bond donors (Lipinski definition) is 2. The van der Waals surface area contributed by atoms with Gasteiger partial charge in [0.2, 0.25) is 5.91 Å². The van der Waals surface area contributed by atoms with Gasteiger partial charge in [-0.1, -0.05) is 12.8 Å². The number of benzene rings is 1. The van der Waals surface area contributed by atoms with Crippen LogP contribution in [0.25, 0.3) is 11.1 Å². The molecule has 5 nitrogen and oxygen atoms in total. The summed E-state index contributed by atoms with van der Waals surface area (Å²) in [6.07, 6.45) is 3.91. The van der Waals surface area contributed by atoms with Crippen LogP contribution in [0.2, 0.25) is 0 Å². The Balaban J connectivity index is 1.79. The van der Waals surface area contributed by atoms with E-state index in [9.17, 15) is 4.79 Å². The predicted octanol–water partition coefficient (Wildman–Crippen LogP) is 2.98. The molecule has 1 aliphatic rings. The Morgan fingerprint density at radius 3 is 3.05 bits per heavy atom. The van der Waals surface area contributed by atoms with Gasteiger partial charge in [0, 0.05) is 18.2 Å². The van der Waals surface area contributed by atoms with E-state index in [-0.39, 0.29) is 11.8 Å². The molecular formula is C16H21N3O2. The molecule has 0 saturated heterocycles. The molecule has 112 valence electrons. The van der Waals surface area contributed by atoms with E-state index in [1.807, 2.05) is 25.1 Å². The third kappa shape index (κ3) is 2.78. The number of nitrogens with one attached hydrogen (secondary N) is 1. The second kappa shape index (κ2) is 5.15. The first-order chi connectivity index (χ1) is 9.95. The summed E-state index contributed by atoms with van der Waals surface area (Å²) < 4.78 is 5.43. The van der Waals surface area contributed by atoms with Gasteiger partial charge in [0.05, 0.1) is 5.92 Å². The molecule has 21 heavy (non-hydrogen) atoms. The number of carbonyl (C=O) groups excluding carboxylic acids is 1. The molecule has 3 rings (SSSR count). The van der Waals surface area contributed by atoms with Gasteiger partial charge in [0.1, 0.15) is 5.52 Å². The Bertz CT molecular complexity index is 675. The van der Waals surface area contributed by atoms with Gasteiger partial charge in [-0.15, -0.1) is 0 Å². The van der Waals surface area contributed by atoms with Crippen molar-refractivity contribution in [3.05, 3.63) is 24.1 Å². The van der Waals surface area contributed by atoms with Crippen molar-refractivity contribution in [1.29, 1.82) is 0 Å². The molecule has 2 aromatic rings. The molecular weight excluding hydrogens is 266 g/mol. The van der Waals surface area contributed by atoms with E-state index in [0.717, 1.165) is 42.5 Å². The number of aromatic nitrogens is 1. The van der Waals surface area contributed by atoms with Gasteiger partial charge in [-0.3, -0.25) is 4.79 Å². The van der Waals surface area contributed by atoms with Gasteiger partial charge < -0.3 is 15.5 Å². The van der Waals surface area contributed by atoms with Crippen LogP contribution in [0.1, 0.15) is 38.5 Å². The van der Waals surface area contributed by atoms with E-state index in [2.05, 4.69) is 10.3 Å². The summed E-state index contributed by atoms with van der Waals surface area (Å²) in [4.78, 5) is 16.8. The number of carbonyl (C=O) groups is 1. The molecule has 1 saturated carbocycles. The van der Waals surface area contributed by atoms with Crippen LogP contribution in [-0.2, 0) is 4.79 Å². The van der Waals surface area contributed by atoms with E-state index >= 15 is 0 Å². The first-order valence-corrected chi connectivity index (χ1v) is 7.43. The molecule has 2 unspecified atom stereocenters. The topological polar surface area (TPSA) is 81.2 Å². The summed E-state index contributed by atoms with van der Waals surface area (Å²) >= 11 is 0. The SMILES string of the molecule is Cc1nc2cc(NC(=O)C3CCCCC3(C)N)ccc2o1. The minimum Gasteiger partial charge on any atom is -0.441 e. The minimum atomic E-state index is -0.420. The molecule has 5 heteroatoms. The standard InChI is InChI=1S/C16H21N3O2/c1-10-18-13-9-11(6-7-14(13)21-10)19-15(20)12-5-3-4-8-16(12,2)17/h6-7,9,12H,3-5,8,17H2,1-2H3,(H,19,20). The first kappa shape index (κ1) is 14.1. The summed E-state index contributed by atoms with van der Waals surface area (Å²) in [5.41, 5.74) is 8.08. The fourth-order valence-corrected chi connectivity index (χ4v) is 3.14. The highest BCUT2D eigenvalue weighted by Gasteiger charge is 2.37. The van der Waals surface area contributed by atoms with Crippen LogP contribution in [0.4, 0.5) is 5.69 Å². The normalized spacial score (nSPS) is 26.0. The number of hydrogen-bond acceptors (Lipinski definition) is 4. The molecule has 1 aromatic heterocycles. The van der Waals surface area contributed by atoms with Gasteiger partial charge in [0.25, 0.3) is 0 Å². The lowest BCUT2D eigenvalue weighted by Gasteiger charge is -2.37. The largest absolute Gasteiger partial charge is 0.441 e. The fraction of sp³-hybridized carbons (Fsp3) is 0.500. The molecule has 1 heterocycles. The zero-order chi connectivity index (χ0) is 15.0. The quantitative estimate of drug-likeness (QED) is 0.889. The van der Waals surface area contributed by atoms with Crippen LogP contribution in [0.5, 0.6) is 0 Å². The van der Waals surface area contributed by atoms with Gasteiger partial charge in [-0.25, -0.2) is 4.98 Å². The van der Waals surface area contributed by atoms with Crippen molar-refractivity contribution in [3.63, 3.8) is 0 Å². The molecule has 3 N–H and O–H groups in total. The average molecular weight is 287 g/mol. The summed E-state index contributed by atoms with van der Waals surface area (Å²) in [6, 6.07) is 5.50. The monoisotopic (exact) mass is 287 g/mol. The Hall–Kier alpha value is -1.88. The van der Waals surface area contributed by atoms with E-state index in [1.54, 1.807) is 6.92 Å². The molecule has 0 aliphatic heterocycles. The highest BCUT2D eigenvalue weighted by Crippen LogP contribution is 2.32. The number of aryl methyl sites for hydroxylation is 1. The molecule has 0 bridgehead atoms. The Morgan fingerprint density at radius 1 is 1.48 bits per heavy atom. The van der Waals surface area contributed by atoms with Gasteiger partial charge >= 0.3 is 0 Å². The van der Waals surface area contributed by atoms with E-state index in [0.29, 0.717) is 5.89 Å². The lowest BCUT2D eigenvalue weighted by atomic mass is 9.74. The highest BCUT2D eigenvalue weighted by atomic mass is 16.3. The van der Waals surface area contributed by atoms with E-state index < -0.39 is 5.54 Å². The second-order valence-corrected chi connectivity index (χ2v) is 6.21. The maximum absolute atomic E-state index is 12.5. The van der Waals surface area contributed by atoms with Crippen LogP contribution < -0.4 is 11.1 Å². The summed E-state index contributed by atoms with van der Waals surface area (Å²) in [5.74, 6) is 0.482. The number of fused-ring (bicyclic) bond motifs is 1. The van der Waals surface area contributed by atoms with Crippen molar-refractivity contribution < 1.29 is 9.21 Å². The van der Waals surface area contributed by atoms with Gasteiger partial charge in [-0.2, -0.15) is 0 Å². The van der Waals surface area contributed by atoms with Crippen molar-refractivity contribution in [2.24, 2.45) is 11.7 Å². The van der Waals surface area contributed by atoms with Gasteiger partial charge in [0.15, 0.2) is 11.5 Å². The lowest BCUT2D eigenvalue weighted by Crippen LogP contribution is -2.51. The van der Waals surface area contributed by atoms with Crippen molar-refractivity contribution in [2.75, 3.05) is 5.32 Å². The molecule has 1 aliphatic carbocycles. The average Bonchev–Trinajstić information content (AvgIpc) is 2.77. The minimum absolute atomic E-state index is 0.000679. The molecule has 2 atom stereocenters. The molecule has 1 fully saturated rings. The number of amides is 1. The van der Waals surface area contributed by atoms with Crippen LogP contribution in [0.15, 0.2) is 22.6 Å². The molecule has 0 radical (unpaired) electrons. The van der Waals surface area contributed by atoms with Crippen molar-refractivity contribution in [1.82, 2.24) is 4.98 Å². The second-order valence-electron chi connectivity index (χ2n) is 6.21. The number of nitrogens with two attached hydrogens (primary N) is 1. The zero-order valence-electron chi connectivity index (χ0n) is 12.5. The smallest absolute Gasteiger partial charge is 0.229 e. The lowest BCUT2D eigenvalue weighted by molar-refractivity contribution is -0.122. The molecule has 0 spiro atoms. The Kier molecular flexibility index (Phi) is 3.45. The fourth-order valence-electron chi connectivity index (χ4n) is 3.14. The zero-order valence-corrected chi connectivity index (χ0v) is 12.5. The summed E-state index contributed by atoms with van der Waals surface area (Å²) in [7, 11) is 0. The third-order valence-electron chi connectivity index (χ3n) is 4.33. The molecule has 1 aromatic carbocycles. The van der Waals surface area contributed by atoms with Crippen molar-refractivity contribution >= 4 is 22.7 Å². The van der Waals surface area contributed by atoms with Crippen LogP contribution >= 0.6 is 0 Å². The Labute approximate surface area is 123 Å². The first-order valence-electron chi connectivity index (χ1n) is 7.43.